The second-order valence-corrected chi connectivity index (χ2v) is 9.54. The zero-order valence-corrected chi connectivity index (χ0v) is 20.5. The highest BCUT2D eigenvalue weighted by atomic mass is 16.5. The maximum atomic E-state index is 10.1. The quantitative estimate of drug-likeness (QED) is 0.483. The van der Waals surface area contributed by atoms with Gasteiger partial charge in [-0.15, -0.1) is 0 Å². The molecule has 0 amide bonds. The Bertz CT molecular complexity index is 1280. The molecule has 3 heterocycles. The minimum atomic E-state index is -0.340. The minimum Gasteiger partial charge on any atom is -0.508 e. The number of phenols is 1. The fraction of sp³-hybridized carbons (Fsp3) is 0.333. The van der Waals surface area contributed by atoms with Crippen LogP contribution in [0, 0.1) is 0 Å². The molecule has 6 heteroatoms. The van der Waals surface area contributed by atoms with Crippen LogP contribution in [-0.2, 0) is 0 Å². The molecule has 0 aromatic heterocycles. The predicted octanol–water partition coefficient (Wildman–Crippen LogP) is 5.70. The second-order valence-electron chi connectivity index (χ2n) is 9.54. The average molecular weight is 486 g/mol. The van der Waals surface area contributed by atoms with E-state index in [1.165, 1.54) is 32.4 Å². The van der Waals surface area contributed by atoms with Gasteiger partial charge in [-0.05, 0) is 67.9 Å². The zero-order chi connectivity index (χ0) is 24.5. The number of piperidine rings is 1. The van der Waals surface area contributed by atoms with E-state index < -0.39 is 0 Å². The first-order chi connectivity index (χ1) is 17.7. The van der Waals surface area contributed by atoms with E-state index in [-0.39, 0.29) is 11.9 Å². The van der Waals surface area contributed by atoms with Crippen LogP contribution in [-0.4, -0.2) is 50.0 Å². The lowest BCUT2D eigenvalue weighted by atomic mass is 9.84. The van der Waals surface area contributed by atoms with Crippen molar-refractivity contribution in [2.45, 2.75) is 25.4 Å². The normalized spacial score (nSPS) is 18.9. The summed E-state index contributed by atoms with van der Waals surface area (Å²) in [6.45, 7) is 4.42. The maximum absolute atomic E-state index is 10.1. The molecule has 186 valence electrons. The van der Waals surface area contributed by atoms with Gasteiger partial charge in [-0.2, -0.15) is 0 Å². The van der Waals surface area contributed by atoms with Gasteiger partial charge < -0.3 is 24.1 Å². The van der Waals surface area contributed by atoms with Crippen molar-refractivity contribution in [3.8, 4) is 28.7 Å². The Balaban J connectivity index is 1.29. The first-order valence-electron chi connectivity index (χ1n) is 12.7. The maximum Gasteiger partial charge on any atom is 0.150 e. The standard InChI is InChI=1S/C30H31NO5/c1-33-23-10-12-25-27(18-23)35-19-26-24-11-7-21(32)17-28(24)36-30(29(25)26)20-5-8-22(9-6-20)34-16-15-31-13-3-2-4-14-31/h5-12,17-18,30,32H,2-4,13-16,19H2,1H3/t30-/m0/s1. The Labute approximate surface area is 211 Å². The molecule has 1 atom stereocenters. The van der Waals surface area contributed by atoms with Gasteiger partial charge in [0, 0.05) is 41.0 Å². The molecule has 1 N–H and O–H groups in total. The summed E-state index contributed by atoms with van der Waals surface area (Å²) in [5.41, 5.74) is 5.10. The summed E-state index contributed by atoms with van der Waals surface area (Å²) in [6.07, 6.45) is 3.58. The lowest BCUT2D eigenvalue weighted by Gasteiger charge is -2.35. The van der Waals surface area contributed by atoms with Crippen LogP contribution in [0.4, 0.5) is 0 Å². The van der Waals surface area contributed by atoms with Gasteiger partial charge in [0.05, 0.1) is 7.11 Å². The third-order valence-electron chi connectivity index (χ3n) is 7.28. The van der Waals surface area contributed by atoms with Gasteiger partial charge in [0.15, 0.2) is 6.10 Å². The molecule has 0 aliphatic carbocycles. The number of ether oxygens (including phenoxy) is 4. The van der Waals surface area contributed by atoms with Crippen LogP contribution in [0.15, 0.2) is 60.7 Å². The first kappa shape index (κ1) is 22.8. The van der Waals surface area contributed by atoms with E-state index in [1.54, 1.807) is 19.2 Å². The summed E-state index contributed by atoms with van der Waals surface area (Å²) >= 11 is 0. The third kappa shape index (κ3) is 4.37. The van der Waals surface area contributed by atoms with Crippen LogP contribution in [0.5, 0.6) is 28.7 Å². The highest BCUT2D eigenvalue weighted by Crippen LogP contribution is 2.51. The fourth-order valence-electron chi connectivity index (χ4n) is 5.38. The lowest BCUT2D eigenvalue weighted by molar-refractivity contribution is 0.183. The molecule has 3 aliphatic heterocycles. The topological polar surface area (TPSA) is 60.4 Å². The molecule has 0 spiro atoms. The number of hydrogen-bond donors (Lipinski definition) is 1. The van der Waals surface area contributed by atoms with E-state index in [9.17, 15) is 5.11 Å². The zero-order valence-electron chi connectivity index (χ0n) is 20.5. The van der Waals surface area contributed by atoms with Gasteiger partial charge in [-0.3, -0.25) is 4.90 Å². The van der Waals surface area contributed by atoms with Crippen LogP contribution in [0.2, 0.25) is 0 Å². The molecular formula is C30H31NO5. The molecule has 0 unspecified atom stereocenters. The van der Waals surface area contributed by atoms with Crippen molar-refractivity contribution in [2.75, 3.05) is 40.0 Å². The number of fused-ring (bicyclic) bond motifs is 4. The molecular weight excluding hydrogens is 454 g/mol. The van der Waals surface area contributed by atoms with E-state index in [4.69, 9.17) is 18.9 Å². The first-order valence-corrected chi connectivity index (χ1v) is 12.7. The van der Waals surface area contributed by atoms with Gasteiger partial charge in [0.1, 0.15) is 42.0 Å². The smallest absolute Gasteiger partial charge is 0.150 e. The van der Waals surface area contributed by atoms with Crippen molar-refractivity contribution in [2.24, 2.45) is 0 Å². The molecule has 3 aromatic carbocycles. The molecule has 0 radical (unpaired) electrons. The van der Waals surface area contributed by atoms with Crippen LogP contribution < -0.4 is 18.9 Å². The van der Waals surface area contributed by atoms with Crippen molar-refractivity contribution in [1.82, 2.24) is 4.90 Å². The summed E-state index contributed by atoms with van der Waals surface area (Å²) in [5, 5.41) is 10.1. The van der Waals surface area contributed by atoms with Crippen molar-refractivity contribution in [1.29, 1.82) is 0 Å². The predicted molar refractivity (Wildman–Crippen MR) is 139 cm³/mol. The number of aromatic hydroxyl groups is 1. The van der Waals surface area contributed by atoms with Gasteiger partial charge in [-0.1, -0.05) is 18.6 Å². The number of methoxy groups -OCH3 is 1. The molecule has 6 nitrogen and oxygen atoms in total. The highest BCUT2D eigenvalue weighted by molar-refractivity contribution is 5.99. The van der Waals surface area contributed by atoms with Gasteiger partial charge in [0.2, 0.25) is 0 Å². The van der Waals surface area contributed by atoms with E-state index in [0.717, 1.165) is 51.6 Å². The molecule has 6 rings (SSSR count). The van der Waals surface area contributed by atoms with Crippen LogP contribution in [0.1, 0.15) is 42.1 Å². The summed E-state index contributed by atoms with van der Waals surface area (Å²) in [6, 6.07) is 19.3. The van der Waals surface area contributed by atoms with Crippen LogP contribution in [0.25, 0.3) is 11.1 Å². The van der Waals surface area contributed by atoms with Gasteiger partial charge >= 0.3 is 0 Å². The van der Waals surface area contributed by atoms with Crippen LogP contribution in [0.3, 0.4) is 0 Å². The van der Waals surface area contributed by atoms with E-state index in [1.807, 2.05) is 36.4 Å². The number of nitrogens with zero attached hydrogens (tertiary/aromatic N) is 1. The number of rotatable bonds is 6. The lowest BCUT2D eigenvalue weighted by Crippen LogP contribution is -2.33. The van der Waals surface area contributed by atoms with E-state index >= 15 is 0 Å². The molecule has 3 aliphatic rings. The van der Waals surface area contributed by atoms with Crippen molar-refractivity contribution in [3.63, 3.8) is 0 Å². The fourth-order valence-corrected chi connectivity index (χ4v) is 5.38. The number of benzene rings is 3. The Kier molecular flexibility index (Phi) is 6.20. The van der Waals surface area contributed by atoms with Gasteiger partial charge in [-0.25, -0.2) is 0 Å². The van der Waals surface area contributed by atoms with Crippen molar-refractivity contribution >= 4 is 11.1 Å². The average Bonchev–Trinajstić information content (AvgIpc) is 2.92. The molecule has 1 saturated heterocycles. The number of likely N-dealkylation sites (tertiary alicyclic amines) is 1. The molecule has 0 saturated carbocycles. The summed E-state index contributed by atoms with van der Waals surface area (Å²) in [7, 11) is 1.65. The Hall–Kier alpha value is -3.64. The SMILES string of the molecule is COc1ccc2c(c1)OCC1=C2[C@H](c2ccc(OCCN3CCCCC3)cc2)Oc2cc(O)ccc21. The monoisotopic (exact) mass is 485 g/mol. The van der Waals surface area contributed by atoms with Crippen molar-refractivity contribution < 1.29 is 24.1 Å². The summed E-state index contributed by atoms with van der Waals surface area (Å²) < 4.78 is 24.1. The molecule has 3 aromatic rings. The molecule has 1 fully saturated rings. The summed E-state index contributed by atoms with van der Waals surface area (Å²) in [5.74, 6) is 3.22. The van der Waals surface area contributed by atoms with Gasteiger partial charge in [0.25, 0.3) is 0 Å². The largest absolute Gasteiger partial charge is 0.508 e. The minimum absolute atomic E-state index is 0.177. The third-order valence-corrected chi connectivity index (χ3v) is 7.28. The molecule has 0 bridgehead atoms. The van der Waals surface area contributed by atoms with E-state index in [2.05, 4.69) is 17.0 Å². The Morgan fingerprint density at radius 3 is 2.47 bits per heavy atom. The Morgan fingerprint density at radius 1 is 0.889 bits per heavy atom. The number of hydrogen-bond acceptors (Lipinski definition) is 6. The van der Waals surface area contributed by atoms with Crippen molar-refractivity contribution in [3.05, 3.63) is 77.4 Å². The van der Waals surface area contributed by atoms with E-state index in [0.29, 0.717) is 19.0 Å². The number of phenolic OH excluding ortho intramolecular Hbond substituents is 1. The highest BCUT2D eigenvalue weighted by Gasteiger charge is 2.35. The second kappa shape index (κ2) is 9.78. The molecule has 36 heavy (non-hydrogen) atoms. The van der Waals surface area contributed by atoms with Crippen LogP contribution >= 0.6 is 0 Å². The summed E-state index contributed by atoms with van der Waals surface area (Å²) in [4.78, 5) is 2.48. The Morgan fingerprint density at radius 2 is 1.67 bits per heavy atom.